The van der Waals surface area contributed by atoms with Crippen LogP contribution in [0.25, 0.3) is 4.91 Å². The van der Waals surface area contributed by atoms with Crippen LogP contribution in [0.2, 0.25) is 5.02 Å². The standard InChI is InChI=1S/C17H14ClFN2O3S/c1-10-16(11-3-5-12(19)6-4-11)25(22,23)21-17(10)20-13-7-8-15(24-2)14(18)9-13/h3-9H,1-2H3,(H,20,21). The lowest BCUT2D eigenvalue weighted by Crippen LogP contribution is -2.11. The molecule has 0 fully saturated rings. The van der Waals surface area contributed by atoms with Crippen LogP contribution < -0.4 is 10.1 Å². The van der Waals surface area contributed by atoms with Crippen molar-refractivity contribution in [2.45, 2.75) is 6.92 Å². The molecule has 8 heteroatoms. The van der Waals surface area contributed by atoms with Gasteiger partial charge in [-0.3, -0.25) is 0 Å². The lowest BCUT2D eigenvalue weighted by Gasteiger charge is -2.09. The third kappa shape index (κ3) is 3.38. The first kappa shape index (κ1) is 17.4. The minimum absolute atomic E-state index is 0.0506. The smallest absolute Gasteiger partial charge is 0.285 e. The fourth-order valence-electron chi connectivity index (χ4n) is 2.50. The van der Waals surface area contributed by atoms with Gasteiger partial charge in [-0.1, -0.05) is 23.7 Å². The molecular weight excluding hydrogens is 367 g/mol. The number of rotatable bonds is 3. The summed E-state index contributed by atoms with van der Waals surface area (Å²) in [7, 11) is -2.37. The van der Waals surface area contributed by atoms with Gasteiger partial charge in [-0.25, -0.2) is 4.39 Å². The first-order valence-corrected chi connectivity index (χ1v) is 9.06. The highest BCUT2D eigenvalue weighted by molar-refractivity contribution is 8.00. The molecule has 5 nitrogen and oxygen atoms in total. The van der Waals surface area contributed by atoms with Crippen molar-refractivity contribution in [2.24, 2.45) is 4.40 Å². The summed E-state index contributed by atoms with van der Waals surface area (Å²) in [6.45, 7) is 1.64. The molecule has 0 spiro atoms. The van der Waals surface area contributed by atoms with Gasteiger partial charge in [0, 0.05) is 11.3 Å². The molecule has 3 rings (SSSR count). The molecule has 0 atom stereocenters. The van der Waals surface area contributed by atoms with E-state index in [1.807, 2.05) is 0 Å². The van der Waals surface area contributed by atoms with E-state index >= 15 is 0 Å². The summed E-state index contributed by atoms with van der Waals surface area (Å²) < 4.78 is 46.8. The highest BCUT2D eigenvalue weighted by Gasteiger charge is 2.31. The summed E-state index contributed by atoms with van der Waals surface area (Å²) in [5, 5.41) is 3.33. The van der Waals surface area contributed by atoms with Crippen LogP contribution in [0.15, 0.2) is 52.4 Å². The van der Waals surface area contributed by atoms with Crippen LogP contribution in [0.5, 0.6) is 5.75 Å². The lowest BCUT2D eigenvalue weighted by atomic mass is 10.1. The van der Waals surface area contributed by atoms with Crippen LogP contribution in [0.1, 0.15) is 12.5 Å². The number of benzene rings is 2. The van der Waals surface area contributed by atoms with Crippen LogP contribution in [-0.2, 0) is 10.0 Å². The number of nitrogens with zero attached hydrogens (tertiary/aromatic N) is 1. The second-order valence-corrected chi connectivity index (χ2v) is 7.30. The zero-order chi connectivity index (χ0) is 18.2. The number of halogens is 2. The van der Waals surface area contributed by atoms with Gasteiger partial charge >= 0.3 is 0 Å². The van der Waals surface area contributed by atoms with Gasteiger partial charge in [0.05, 0.1) is 12.1 Å². The Labute approximate surface area is 149 Å². The van der Waals surface area contributed by atoms with Gasteiger partial charge in [-0.2, -0.15) is 8.42 Å². The van der Waals surface area contributed by atoms with Gasteiger partial charge in [0.1, 0.15) is 22.3 Å². The number of nitrogens with one attached hydrogen (secondary N) is 1. The molecule has 25 heavy (non-hydrogen) atoms. The third-order valence-corrected chi connectivity index (χ3v) is 5.46. The Morgan fingerprint density at radius 2 is 1.84 bits per heavy atom. The Balaban J connectivity index is 1.98. The summed E-state index contributed by atoms with van der Waals surface area (Å²) in [6, 6.07) is 10.2. The normalized spacial score (nSPS) is 15.9. The maximum absolute atomic E-state index is 13.1. The minimum Gasteiger partial charge on any atom is -0.495 e. The van der Waals surface area contributed by atoms with Crippen molar-refractivity contribution < 1.29 is 17.5 Å². The first-order valence-electron chi connectivity index (χ1n) is 7.24. The Hall–Kier alpha value is -2.38. The number of ether oxygens (including phenoxy) is 1. The summed E-state index contributed by atoms with van der Waals surface area (Å²) in [6.07, 6.45) is 0. The molecule has 1 aliphatic rings. The van der Waals surface area contributed by atoms with Crippen LogP contribution in [-0.4, -0.2) is 21.4 Å². The van der Waals surface area contributed by atoms with Crippen LogP contribution in [0.4, 0.5) is 10.1 Å². The average molecular weight is 381 g/mol. The van der Waals surface area contributed by atoms with Crippen LogP contribution in [0, 0.1) is 5.82 Å². The molecule has 0 unspecified atom stereocenters. The zero-order valence-electron chi connectivity index (χ0n) is 13.4. The molecule has 0 aromatic heterocycles. The van der Waals surface area contributed by atoms with E-state index in [0.717, 1.165) is 0 Å². The van der Waals surface area contributed by atoms with Gasteiger partial charge < -0.3 is 10.1 Å². The molecule has 1 aliphatic heterocycles. The molecule has 0 radical (unpaired) electrons. The van der Waals surface area contributed by atoms with Gasteiger partial charge in [0.15, 0.2) is 0 Å². The van der Waals surface area contributed by atoms with E-state index in [9.17, 15) is 12.8 Å². The Morgan fingerprint density at radius 3 is 2.44 bits per heavy atom. The first-order chi connectivity index (χ1) is 11.8. The number of methoxy groups -OCH3 is 1. The molecule has 2 aromatic rings. The van der Waals surface area contributed by atoms with Gasteiger partial charge in [0.25, 0.3) is 10.0 Å². The fraction of sp³-hybridized carbons (Fsp3) is 0.118. The maximum Gasteiger partial charge on any atom is 0.285 e. The van der Waals surface area contributed by atoms with Crippen molar-refractivity contribution >= 4 is 38.1 Å². The third-order valence-electron chi connectivity index (χ3n) is 3.69. The number of anilines is 1. The largest absolute Gasteiger partial charge is 0.495 e. The molecule has 2 aromatic carbocycles. The summed E-state index contributed by atoms with van der Waals surface area (Å²) in [5.74, 6) is 0.262. The number of sulfonamides is 1. The van der Waals surface area contributed by atoms with Crippen molar-refractivity contribution in [1.82, 2.24) is 0 Å². The highest BCUT2D eigenvalue weighted by Crippen LogP contribution is 2.34. The molecule has 0 saturated carbocycles. The monoisotopic (exact) mass is 380 g/mol. The van der Waals surface area contributed by atoms with Gasteiger partial charge in [0.2, 0.25) is 0 Å². The quantitative estimate of drug-likeness (QED) is 0.871. The van der Waals surface area contributed by atoms with Crippen LogP contribution in [0.3, 0.4) is 0 Å². The Kier molecular flexibility index (Phi) is 4.53. The maximum atomic E-state index is 13.1. The van der Waals surface area contributed by atoms with E-state index in [0.29, 0.717) is 27.6 Å². The van der Waals surface area contributed by atoms with Crippen molar-refractivity contribution in [3.8, 4) is 5.75 Å². The molecule has 0 bridgehead atoms. The van der Waals surface area contributed by atoms with Crippen molar-refractivity contribution in [3.63, 3.8) is 0 Å². The predicted molar refractivity (Wildman–Crippen MR) is 97.0 cm³/mol. The lowest BCUT2D eigenvalue weighted by molar-refractivity contribution is 0.415. The SMILES string of the molecule is COc1ccc(NC2=NS(=O)(=O)C(c3ccc(F)cc3)=C2C)cc1Cl. The molecule has 130 valence electrons. The molecule has 1 N–H and O–H groups in total. The average Bonchev–Trinajstić information content (AvgIpc) is 2.78. The number of hydrogen-bond acceptors (Lipinski definition) is 4. The van der Waals surface area contributed by atoms with Crippen molar-refractivity contribution in [2.75, 3.05) is 12.4 Å². The van der Waals surface area contributed by atoms with Crippen molar-refractivity contribution in [1.29, 1.82) is 0 Å². The minimum atomic E-state index is -3.87. The molecule has 0 saturated heterocycles. The zero-order valence-corrected chi connectivity index (χ0v) is 15.0. The van der Waals surface area contributed by atoms with Gasteiger partial charge in [-0.15, -0.1) is 4.40 Å². The molecule has 0 amide bonds. The number of amidine groups is 1. The Morgan fingerprint density at radius 1 is 1.16 bits per heavy atom. The van der Waals surface area contributed by atoms with Crippen LogP contribution >= 0.6 is 11.6 Å². The predicted octanol–water partition coefficient (Wildman–Crippen LogP) is 4.07. The fourth-order valence-corrected chi connectivity index (χ4v) is 4.19. The molecule has 1 heterocycles. The molecular formula is C17H14ClFN2O3S. The van der Waals surface area contributed by atoms with E-state index < -0.39 is 15.8 Å². The summed E-state index contributed by atoms with van der Waals surface area (Å²) in [5.41, 5.74) is 1.39. The van der Waals surface area contributed by atoms with Crippen molar-refractivity contribution in [3.05, 3.63) is 64.4 Å². The van der Waals surface area contributed by atoms with E-state index in [1.165, 1.54) is 31.4 Å². The number of hydrogen-bond donors (Lipinski definition) is 1. The molecule has 0 aliphatic carbocycles. The Bertz CT molecular complexity index is 999. The summed E-state index contributed by atoms with van der Waals surface area (Å²) in [4.78, 5) is 0.0506. The van der Waals surface area contributed by atoms with E-state index in [4.69, 9.17) is 16.3 Å². The van der Waals surface area contributed by atoms with E-state index in [2.05, 4.69) is 9.71 Å². The van der Waals surface area contributed by atoms with E-state index in [1.54, 1.807) is 25.1 Å². The van der Waals surface area contributed by atoms with E-state index in [-0.39, 0.29) is 10.7 Å². The second kappa shape index (κ2) is 6.50. The highest BCUT2D eigenvalue weighted by atomic mass is 35.5. The summed E-state index contributed by atoms with van der Waals surface area (Å²) >= 11 is 6.08. The second-order valence-electron chi connectivity index (χ2n) is 5.35. The topological polar surface area (TPSA) is 67.8 Å². The van der Waals surface area contributed by atoms with Gasteiger partial charge in [-0.05, 0) is 42.8 Å².